The summed E-state index contributed by atoms with van der Waals surface area (Å²) in [5.74, 6) is 1.48. The summed E-state index contributed by atoms with van der Waals surface area (Å²) >= 11 is 0. The minimum Gasteiger partial charge on any atom is -0.497 e. The van der Waals surface area contributed by atoms with Crippen LogP contribution in [0.3, 0.4) is 0 Å². The highest BCUT2D eigenvalue weighted by molar-refractivity contribution is 6.00. The van der Waals surface area contributed by atoms with Crippen LogP contribution in [0.1, 0.15) is 17.0 Å². The molecular formula is C20H28N6O2. The second-order valence-corrected chi connectivity index (χ2v) is 7.12. The number of urea groups is 1. The fourth-order valence-corrected chi connectivity index (χ4v) is 3.20. The van der Waals surface area contributed by atoms with Crippen LogP contribution in [-0.4, -0.2) is 61.2 Å². The first-order valence-corrected chi connectivity index (χ1v) is 9.38. The van der Waals surface area contributed by atoms with E-state index in [1.165, 1.54) is 0 Å². The maximum Gasteiger partial charge on any atom is 0.323 e. The Labute approximate surface area is 165 Å². The summed E-state index contributed by atoms with van der Waals surface area (Å²) in [6, 6.07) is 5.18. The minimum absolute atomic E-state index is 0.324. The molecule has 1 aliphatic heterocycles. The molecule has 0 saturated carbocycles. The molecule has 1 aliphatic rings. The van der Waals surface area contributed by atoms with Gasteiger partial charge in [0, 0.05) is 31.9 Å². The number of rotatable bonds is 4. The zero-order valence-corrected chi connectivity index (χ0v) is 17.2. The lowest BCUT2D eigenvalue weighted by molar-refractivity contribution is 0.262. The molecule has 1 fully saturated rings. The molecule has 8 nitrogen and oxygen atoms in total. The summed E-state index contributed by atoms with van der Waals surface area (Å²) in [5.41, 5.74) is 3.79. The van der Waals surface area contributed by atoms with Gasteiger partial charge < -0.3 is 25.2 Å². The second-order valence-electron chi connectivity index (χ2n) is 7.12. The van der Waals surface area contributed by atoms with E-state index < -0.39 is 0 Å². The first-order chi connectivity index (χ1) is 13.4. The van der Waals surface area contributed by atoms with Gasteiger partial charge >= 0.3 is 6.03 Å². The number of ether oxygens (including phenoxy) is 1. The number of amides is 2. The van der Waals surface area contributed by atoms with Crippen LogP contribution in [0.15, 0.2) is 18.2 Å². The van der Waals surface area contributed by atoms with Crippen molar-refractivity contribution in [1.29, 1.82) is 0 Å². The van der Waals surface area contributed by atoms with Crippen molar-refractivity contribution in [3.63, 3.8) is 0 Å². The first kappa shape index (κ1) is 19.9. The maximum absolute atomic E-state index is 12.5. The maximum atomic E-state index is 12.5. The zero-order valence-electron chi connectivity index (χ0n) is 17.2. The zero-order chi connectivity index (χ0) is 20.3. The minimum atomic E-state index is -0.324. The SMILES string of the molecule is COc1ccc(NC(=O)Nc2c(C)nc(N3CCN(C)CC3)nc2C)c(C)c1. The number of likely N-dealkylation sites (N-methyl/N-ethyl adjacent to an activating group) is 1. The Kier molecular flexibility index (Phi) is 5.99. The standard InChI is InChI=1S/C20H28N6O2/c1-13-12-16(28-5)6-7-17(13)23-20(27)24-18-14(2)21-19(22-15(18)3)26-10-8-25(4)9-11-26/h6-7,12H,8-11H2,1-5H3,(H2,23,24,27). The van der Waals surface area contributed by atoms with Gasteiger partial charge in [-0.2, -0.15) is 0 Å². The van der Waals surface area contributed by atoms with E-state index in [1.807, 2.05) is 39.0 Å². The molecule has 0 unspecified atom stereocenters. The van der Waals surface area contributed by atoms with Gasteiger partial charge in [-0.25, -0.2) is 14.8 Å². The number of hydrogen-bond acceptors (Lipinski definition) is 6. The third-order valence-corrected chi connectivity index (χ3v) is 4.97. The van der Waals surface area contributed by atoms with E-state index >= 15 is 0 Å². The van der Waals surface area contributed by atoms with E-state index in [0.29, 0.717) is 5.69 Å². The van der Waals surface area contributed by atoms with Crippen LogP contribution in [0.25, 0.3) is 0 Å². The normalized spacial score (nSPS) is 14.7. The molecule has 150 valence electrons. The highest BCUT2D eigenvalue weighted by Gasteiger charge is 2.19. The molecule has 0 radical (unpaired) electrons. The molecule has 2 N–H and O–H groups in total. The van der Waals surface area contributed by atoms with Gasteiger partial charge in [-0.3, -0.25) is 0 Å². The molecule has 1 saturated heterocycles. The van der Waals surface area contributed by atoms with E-state index in [0.717, 1.165) is 60.5 Å². The van der Waals surface area contributed by atoms with Crippen LogP contribution in [0.2, 0.25) is 0 Å². The van der Waals surface area contributed by atoms with E-state index in [4.69, 9.17) is 4.74 Å². The number of aromatic nitrogens is 2. The number of benzene rings is 1. The number of anilines is 3. The van der Waals surface area contributed by atoms with Crippen molar-refractivity contribution in [2.24, 2.45) is 0 Å². The lowest BCUT2D eigenvalue weighted by Gasteiger charge is -2.32. The van der Waals surface area contributed by atoms with E-state index in [-0.39, 0.29) is 6.03 Å². The van der Waals surface area contributed by atoms with Crippen LogP contribution in [-0.2, 0) is 0 Å². The summed E-state index contributed by atoms with van der Waals surface area (Å²) in [4.78, 5) is 26.2. The van der Waals surface area contributed by atoms with Crippen LogP contribution in [0.5, 0.6) is 5.75 Å². The predicted octanol–water partition coefficient (Wildman–Crippen LogP) is 2.81. The molecular weight excluding hydrogens is 356 g/mol. The van der Waals surface area contributed by atoms with Crippen molar-refractivity contribution in [2.45, 2.75) is 20.8 Å². The number of nitrogens with zero attached hydrogens (tertiary/aromatic N) is 4. The number of hydrogen-bond donors (Lipinski definition) is 2. The summed E-state index contributed by atoms with van der Waals surface area (Å²) in [5, 5.41) is 5.76. The summed E-state index contributed by atoms with van der Waals surface area (Å²) in [6.45, 7) is 9.49. The molecule has 2 amide bonds. The number of carbonyl (C=O) groups excluding carboxylic acids is 1. The number of methoxy groups -OCH3 is 1. The van der Waals surface area contributed by atoms with Crippen LogP contribution < -0.4 is 20.3 Å². The molecule has 1 aromatic carbocycles. The van der Waals surface area contributed by atoms with Gasteiger partial charge in [-0.05, 0) is 51.6 Å². The average molecular weight is 384 g/mol. The average Bonchev–Trinajstić information content (AvgIpc) is 2.66. The second kappa shape index (κ2) is 8.43. The number of carbonyl (C=O) groups is 1. The molecule has 2 heterocycles. The lowest BCUT2D eigenvalue weighted by atomic mass is 10.2. The van der Waals surface area contributed by atoms with E-state index in [1.54, 1.807) is 7.11 Å². The molecule has 0 atom stereocenters. The topological polar surface area (TPSA) is 82.6 Å². The van der Waals surface area contributed by atoms with Crippen molar-refractivity contribution < 1.29 is 9.53 Å². The first-order valence-electron chi connectivity index (χ1n) is 9.38. The van der Waals surface area contributed by atoms with Gasteiger partial charge in [0.1, 0.15) is 5.75 Å². The van der Waals surface area contributed by atoms with Crippen LogP contribution in [0, 0.1) is 20.8 Å². The van der Waals surface area contributed by atoms with Gasteiger partial charge in [0.15, 0.2) is 0 Å². The van der Waals surface area contributed by atoms with Crippen molar-refractivity contribution in [1.82, 2.24) is 14.9 Å². The fourth-order valence-electron chi connectivity index (χ4n) is 3.20. The van der Waals surface area contributed by atoms with Crippen molar-refractivity contribution >= 4 is 23.4 Å². The smallest absolute Gasteiger partial charge is 0.323 e. The monoisotopic (exact) mass is 384 g/mol. The molecule has 8 heteroatoms. The fraction of sp³-hybridized carbons (Fsp3) is 0.450. The number of aryl methyl sites for hydroxylation is 3. The molecule has 28 heavy (non-hydrogen) atoms. The van der Waals surface area contributed by atoms with Gasteiger partial charge in [0.2, 0.25) is 5.95 Å². The Morgan fingerprint density at radius 3 is 2.25 bits per heavy atom. The van der Waals surface area contributed by atoms with Crippen LogP contribution >= 0.6 is 0 Å². The quantitative estimate of drug-likeness (QED) is 0.844. The molecule has 0 bridgehead atoms. The predicted molar refractivity (Wildman–Crippen MR) is 112 cm³/mol. The molecule has 0 aliphatic carbocycles. The molecule has 2 aromatic rings. The summed E-state index contributed by atoms with van der Waals surface area (Å²) in [7, 11) is 3.73. The Balaban J connectivity index is 1.71. The van der Waals surface area contributed by atoms with Crippen molar-refractivity contribution in [3.8, 4) is 5.75 Å². The number of piperazine rings is 1. The third-order valence-electron chi connectivity index (χ3n) is 4.97. The number of nitrogens with one attached hydrogen (secondary N) is 2. The summed E-state index contributed by atoms with van der Waals surface area (Å²) < 4.78 is 5.20. The van der Waals surface area contributed by atoms with Crippen LogP contribution in [0.4, 0.5) is 22.1 Å². The molecule has 1 aromatic heterocycles. The van der Waals surface area contributed by atoms with Gasteiger partial charge in [0.05, 0.1) is 24.2 Å². The Morgan fingerprint density at radius 2 is 1.68 bits per heavy atom. The van der Waals surface area contributed by atoms with Gasteiger partial charge in [-0.1, -0.05) is 0 Å². The highest BCUT2D eigenvalue weighted by atomic mass is 16.5. The summed E-state index contributed by atoms with van der Waals surface area (Å²) in [6.07, 6.45) is 0. The molecule has 3 rings (SSSR count). The third kappa shape index (κ3) is 4.51. The van der Waals surface area contributed by atoms with E-state index in [9.17, 15) is 4.79 Å². The lowest BCUT2D eigenvalue weighted by Crippen LogP contribution is -2.45. The van der Waals surface area contributed by atoms with Crippen molar-refractivity contribution in [2.75, 3.05) is 55.9 Å². The van der Waals surface area contributed by atoms with E-state index in [2.05, 4.69) is 37.4 Å². The largest absolute Gasteiger partial charge is 0.497 e. The highest BCUT2D eigenvalue weighted by Crippen LogP contribution is 2.23. The Morgan fingerprint density at radius 1 is 1.04 bits per heavy atom. The Bertz CT molecular complexity index is 839. The van der Waals surface area contributed by atoms with Gasteiger partial charge in [0.25, 0.3) is 0 Å². The molecule has 0 spiro atoms. The Hall–Kier alpha value is -2.87. The van der Waals surface area contributed by atoms with Crippen molar-refractivity contribution in [3.05, 3.63) is 35.2 Å². The van der Waals surface area contributed by atoms with Gasteiger partial charge in [-0.15, -0.1) is 0 Å².